The SMILES string of the molecule is CCCCCCCCCCCCCCCCCCCCCCCCC(=O)OC[C@H](CO[C@H]1O[C@H](CS(=O)(=O)O)[C@@H](O)C(O)C1O)OC(=O)CCCCCCCCCCCC. The Kier molecular flexibility index (Phi) is 36.0. The van der Waals surface area contributed by atoms with Gasteiger partial charge in [0.15, 0.2) is 12.4 Å². The molecule has 2 unspecified atom stereocenters. The summed E-state index contributed by atoms with van der Waals surface area (Å²) in [5.41, 5.74) is 0. The van der Waals surface area contributed by atoms with Crippen LogP contribution in [0, 0.1) is 0 Å². The number of rotatable bonds is 42. The largest absolute Gasteiger partial charge is 0.462 e. The molecule has 0 aromatic heterocycles. The Morgan fingerprint density at radius 3 is 1.22 bits per heavy atom. The van der Waals surface area contributed by atoms with Crippen molar-refractivity contribution in [3.8, 4) is 0 Å². The van der Waals surface area contributed by atoms with E-state index in [1.807, 2.05) is 0 Å². The van der Waals surface area contributed by atoms with Crippen molar-refractivity contribution in [2.24, 2.45) is 0 Å². The molecule has 1 fully saturated rings. The summed E-state index contributed by atoms with van der Waals surface area (Å²) < 4.78 is 54.1. The van der Waals surface area contributed by atoms with Gasteiger partial charge in [0.1, 0.15) is 36.8 Å². The van der Waals surface area contributed by atoms with Crippen molar-refractivity contribution in [1.29, 1.82) is 0 Å². The Morgan fingerprint density at radius 2 is 0.850 bits per heavy atom. The summed E-state index contributed by atoms with van der Waals surface area (Å²) in [5, 5.41) is 30.9. The zero-order chi connectivity index (χ0) is 44.1. The van der Waals surface area contributed by atoms with E-state index in [1.165, 1.54) is 154 Å². The predicted octanol–water partition coefficient (Wildman–Crippen LogP) is 10.5. The molecule has 0 spiro atoms. The van der Waals surface area contributed by atoms with Crippen LogP contribution in [0.3, 0.4) is 0 Å². The normalized spacial score (nSPS) is 20.0. The number of unbranched alkanes of at least 4 members (excludes halogenated alkanes) is 30. The van der Waals surface area contributed by atoms with E-state index in [9.17, 15) is 37.9 Å². The minimum Gasteiger partial charge on any atom is -0.462 e. The van der Waals surface area contributed by atoms with Crippen LogP contribution < -0.4 is 0 Å². The van der Waals surface area contributed by atoms with Crippen LogP contribution in [0.1, 0.15) is 232 Å². The number of carbonyl (C=O) groups is 2. The zero-order valence-corrected chi connectivity index (χ0v) is 38.9. The summed E-state index contributed by atoms with van der Waals surface area (Å²) in [6.07, 6.45) is 30.2. The van der Waals surface area contributed by atoms with Crippen molar-refractivity contribution < 1.29 is 56.8 Å². The van der Waals surface area contributed by atoms with Crippen LogP contribution in [0.4, 0.5) is 0 Å². The highest BCUT2D eigenvalue weighted by Crippen LogP contribution is 2.24. The van der Waals surface area contributed by atoms with Crippen molar-refractivity contribution in [3.05, 3.63) is 0 Å². The van der Waals surface area contributed by atoms with Gasteiger partial charge in [0.05, 0.1) is 6.61 Å². The van der Waals surface area contributed by atoms with Gasteiger partial charge in [0.25, 0.3) is 10.1 Å². The van der Waals surface area contributed by atoms with Crippen molar-refractivity contribution in [2.45, 2.75) is 269 Å². The molecule has 13 heteroatoms. The molecular formula is C47H90O12S. The average molecular weight is 879 g/mol. The van der Waals surface area contributed by atoms with E-state index in [0.717, 1.165) is 38.5 Å². The monoisotopic (exact) mass is 879 g/mol. The lowest BCUT2D eigenvalue weighted by atomic mass is 10.00. The van der Waals surface area contributed by atoms with Crippen LogP contribution in [-0.4, -0.2) is 96.0 Å². The fraction of sp³-hybridized carbons (Fsp3) is 0.957. The Morgan fingerprint density at radius 1 is 0.500 bits per heavy atom. The summed E-state index contributed by atoms with van der Waals surface area (Å²) in [6.45, 7) is 3.77. The van der Waals surface area contributed by atoms with E-state index in [0.29, 0.717) is 12.8 Å². The number of hydrogen-bond donors (Lipinski definition) is 4. The van der Waals surface area contributed by atoms with E-state index < -0.39 is 71.2 Å². The summed E-state index contributed by atoms with van der Waals surface area (Å²) in [6, 6.07) is 0. The molecule has 0 bridgehead atoms. The summed E-state index contributed by atoms with van der Waals surface area (Å²) in [7, 11) is -4.60. The second kappa shape index (κ2) is 38.1. The molecule has 0 aliphatic carbocycles. The molecule has 0 amide bonds. The van der Waals surface area contributed by atoms with Crippen molar-refractivity contribution in [2.75, 3.05) is 19.0 Å². The first-order valence-corrected chi connectivity index (χ1v) is 26.2. The minimum absolute atomic E-state index is 0.171. The fourth-order valence-corrected chi connectivity index (χ4v) is 8.55. The Labute approximate surface area is 365 Å². The summed E-state index contributed by atoms with van der Waals surface area (Å²) >= 11 is 0. The first kappa shape index (κ1) is 56.7. The average Bonchev–Trinajstić information content (AvgIpc) is 3.21. The molecule has 1 aliphatic rings. The Bertz CT molecular complexity index is 1120. The van der Waals surface area contributed by atoms with Crippen LogP contribution in [0.25, 0.3) is 0 Å². The van der Waals surface area contributed by atoms with Gasteiger partial charge in [-0.3, -0.25) is 14.1 Å². The number of aliphatic hydroxyl groups is 3. The molecule has 1 rings (SSSR count). The van der Waals surface area contributed by atoms with Gasteiger partial charge >= 0.3 is 11.9 Å². The van der Waals surface area contributed by atoms with Gasteiger partial charge in [-0.1, -0.05) is 206 Å². The predicted molar refractivity (Wildman–Crippen MR) is 238 cm³/mol. The van der Waals surface area contributed by atoms with Gasteiger partial charge in [-0.15, -0.1) is 0 Å². The molecule has 60 heavy (non-hydrogen) atoms. The second-order valence-corrected chi connectivity index (χ2v) is 19.0. The molecule has 1 heterocycles. The maximum absolute atomic E-state index is 12.8. The topological polar surface area (TPSA) is 186 Å². The van der Waals surface area contributed by atoms with E-state index in [-0.39, 0.29) is 19.4 Å². The number of carbonyl (C=O) groups excluding carboxylic acids is 2. The highest BCUT2D eigenvalue weighted by atomic mass is 32.2. The molecule has 0 aromatic carbocycles. The van der Waals surface area contributed by atoms with Crippen LogP contribution in [0.15, 0.2) is 0 Å². The van der Waals surface area contributed by atoms with Gasteiger partial charge in [-0.05, 0) is 12.8 Å². The van der Waals surface area contributed by atoms with E-state index in [4.69, 9.17) is 18.9 Å². The van der Waals surface area contributed by atoms with Gasteiger partial charge in [0, 0.05) is 12.8 Å². The maximum atomic E-state index is 12.8. The molecule has 1 saturated heterocycles. The molecule has 0 aromatic rings. The maximum Gasteiger partial charge on any atom is 0.306 e. The lowest BCUT2D eigenvalue weighted by molar-refractivity contribution is -0.297. The van der Waals surface area contributed by atoms with Gasteiger partial charge in [-0.2, -0.15) is 8.42 Å². The fourth-order valence-electron chi connectivity index (χ4n) is 7.86. The molecule has 0 saturated carbocycles. The third-order valence-electron chi connectivity index (χ3n) is 11.7. The first-order chi connectivity index (χ1) is 29.0. The first-order valence-electron chi connectivity index (χ1n) is 24.6. The number of ether oxygens (including phenoxy) is 4. The van der Waals surface area contributed by atoms with E-state index in [1.54, 1.807) is 0 Å². The molecule has 6 atom stereocenters. The number of hydrogen-bond acceptors (Lipinski definition) is 11. The van der Waals surface area contributed by atoms with Crippen LogP contribution >= 0.6 is 0 Å². The quantitative estimate of drug-likeness (QED) is 0.0259. The molecule has 12 nitrogen and oxygen atoms in total. The lowest BCUT2D eigenvalue weighted by Gasteiger charge is -2.40. The van der Waals surface area contributed by atoms with Gasteiger partial charge in [0.2, 0.25) is 0 Å². The molecule has 1 aliphatic heterocycles. The minimum atomic E-state index is -4.60. The lowest BCUT2D eigenvalue weighted by Crippen LogP contribution is -2.60. The highest BCUT2D eigenvalue weighted by molar-refractivity contribution is 7.85. The number of esters is 2. The zero-order valence-electron chi connectivity index (χ0n) is 38.1. The molecular weight excluding hydrogens is 789 g/mol. The Hall–Kier alpha value is -1.35. The molecule has 0 radical (unpaired) electrons. The van der Waals surface area contributed by atoms with E-state index in [2.05, 4.69) is 13.8 Å². The van der Waals surface area contributed by atoms with E-state index >= 15 is 0 Å². The van der Waals surface area contributed by atoms with Crippen molar-refractivity contribution in [3.63, 3.8) is 0 Å². The van der Waals surface area contributed by atoms with Gasteiger partial charge < -0.3 is 34.3 Å². The number of aliphatic hydroxyl groups excluding tert-OH is 3. The molecule has 356 valence electrons. The van der Waals surface area contributed by atoms with Crippen LogP contribution in [-0.2, 0) is 38.7 Å². The summed E-state index contributed by atoms with van der Waals surface area (Å²) in [4.78, 5) is 25.4. The van der Waals surface area contributed by atoms with Gasteiger partial charge in [-0.25, -0.2) is 0 Å². The second-order valence-electron chi connectivity index (χ2n) is 17.5. The van der Waals surface area contributed by atoms with Crippen LogP contribution in [0.5, 0.6) is 0 Å². The third kappa shape index (κ3) is 32.3. The third-order valence-corrected chi connectivity index (χ3v) is 12.4. The highest BCUT2D eigenvalue weighted by Gasteiger charge is 2.46. The van der Waals surface area contributed by atoms with Crippen molar-refractivity contribution in [1.82, 2.24) is 0 Å². The Balaban J connectivity index is 2.30. The smallest absolute Gasteiger partial charge is 0.306 e. The van der Waals surface area contributed by atoms with Crippen molar-refractivity contribution >= 4 is 22.1 Å². The standard InChI is InChI=1S/C47H90O12S/c1-3-5-7-9-11-13-15-16-17-18-19-20-21-22-23-24-25-26-28-29-31-33-35-42(48)56-37-40(58-43(49)36-34-32-30-27-14-12-10-8-6-4-2)38-57-47-46(52)45(51)44(50)41(59-47)39-60(53,54)55/h40-41,44-47,50-52H,3-39H2,1-2H3,(H,53,54,55)/t40-,41-,44-,45?,46?,47+/m1/s1. The summed E-state index contributed by atoms with van der Waals surface area (Å²) in [5.74, 6) is -1.96. The molecule has 4 N–H and O–H groups in total. The van der Waals surface area contributed by atoms with Crippen LogP contribution in [0.2, 0.25) is 0 Å².